The van der Waals surface area contributed by atoms with Crippen LogP contribution in [-0.4, -0.2) is 9.97 Å². The number of anilines is 1. The highest BCUT2D eigenvalue weighted by molar-refractivity contribution is 5.40. The highest BCUT2D eigenvalue weighted by Crippen LogP contribution is 2.13. The Bertz CT molecular complexity index is 494. The van der Waals surface area contributed by atoms with Crippen molar-refractivity contribution in [2.24, 2.45) is 0 Å². The summed E-state index contributed by atoms with van der Waals surface area (Å²) in [5, 5.41) is 3.33. The lowest BCUT2D eigenvalue weighted by Gasteiger charge is -2.10. The molecule has 1 N–H and O–H groups in total. The van der Waals surface area contributed by atoms with E-state index < -0.39 is 0 Å². The van der Waals surface area contributed by atoms with Gasteiger partial charge < -0.3 is 5.32 Å². The highest BCUT2D eigenvalue weighted by atomic mass is 15.0. The Hall–Kier alpha value is -1.90. The van der Waals surface area contributed by atoms with Crippen molar-refractivity contribution >= 4 is 5.82 Å². The molecule has 1 aromatic carbocycles. The SMILES string of the molecule is CCc1ccccc1CNc1nccnc1C. The van der Waals surface area contributed by atoms with Crippen LogP contribution in [0.2, 0.25) is 0 Å². The van der Waals surface area contributed by atoms with Crippen LogP contribution in [0.3, 0.4) is 0 Å². The summed E-state index contributed by atoms with van der Waals surface area (Å²) in [5.74, 6) is 0.860. The number of nitrogens with zero attached hydrogens (tertiary/aromatic N) is 2. The summed E-state index contributed by atoms with van der Waals surface area (Å²) in [4.78, 5) is 8.48. The maximum Gasteiger partial charge on any atom is 0.147 e. The first kappa shape index (κ1) is 11.6. The smallest absolute Gasteiger partial charge is 0.147 e. The third-order valence-electron chi connectivity index (χ3n) is 2.83. The van der Waals surface area contributed by atoms with Crippen molar-refractivity contribution in [2.75, 3.05) is 5.32 Å². The monoisotopic (exact) mass is 227 g/mol. The highest BCUT2D eigenvalue weighted by Gasteiger charge is 2.02. The molecule has 0 aliphatic rings. The summed E-state index contributed by atoms with van der Waals surface area (Å²) < 4.78 is 0. The van der Waals surface area contributed by atoms with Crippen LogP contribution in [0.25, 0.3) is 0 Å². The van der Waals surface area contributed by atoms with Crippen LogP contribution in [0.1, 0.15) is 23.7 Å². The predicted octanol–water partition coefficient (Wildman–Crippen LogP) is 2.96. The quantitative estimate of drug-likeness (QED) is 0.872. The van der Waals surface area contributed by atoms with Gasteiger partial charge in [-0.3, -0.25) is 4.98 Å². The minimum Gasteiger partial charge on any atom is -0.364 e. The van der Waals surface area contributed by atoms with Crippen LogP contribution >= 0.6 is 0 Å². The van der Waals surface area contributed by atoms with E-state index in [1.54, 1.807) is 12.4 Å². The Morgan fingerprint density at radius 3 is 2.47 bits per heavy atom. The van der Waals surface area contributed by atoms with E-state index >= 15 is 0 Å². The first-order chi connectivity index (χ1) is 8.31. The minimum atomic E-state index is 0.795. The van der Waals surface area contributed by atoms with E-state index in [1.165, 1.54) is 11.1 Å². The van der Waals surface area contributed by atoms with Gasteiger partial charge >= 0.3 is 0 Å². The molecular weight excluding hydrogens is 210 g/mol. The molecule has 0 fully saturated rings. The first-order valence-electron chi connectivity index (χ1n) is 5.89. The van der Waals surface area contributed by atoms with Crippen molar-refractivity contribution < 1.29 is 0 Å². The molecule has 1 aromatic heterocycles. The molecule has 17 heavy (non-hydrogen) atoms. The Morgan fingerprint density at radius 1 is 1.06 bits per heavy atom. The fourth-order valence-corrected chi connectivity index (χ4v) is 1.83. The number of aromatic nitrogens is 2. The standard InChI is InChI=1S/C14H17N3/c1-3-12-6-4-5-7-13(12)10-17-14-11(2)15-8-9-16-14/h4-9H,3,10H2,1-2H3,(H,16,17). The zero-order valence-electron chi connectivity index (χ0n) is 10.3. The number of hydrogen-bond acceptors (Lipinski definition) is 3. The van der Waals surface area contributed by atoms with Crippen LogP contribution < -0.4 is 5.32 Å². The molecule has 0 aliphatic heterocycles. The van der Waals surface area contributed by atoms with E-state index in [2.05, 4.69) is 46.5 Å². The normalized spacial score (nSPS) is 10.2. The third-order valence-corrected chi connectivity index (χ3v) is 2.83. The Kier molecular flexibility index (Phi) is 3.70. The van der Waals surface area contributed by atoms with Gasteiger partial charge in [-0.25, -0.2) is 4.98 Å². The number of hydrogen-bond donors (Lipinski definition) is 1. The predicted molar refractivity (Wildman–Crippen MR) is 69.9 cm³/mol. The van der Waals surface area contributed by atoms with Gasteiger partial charge in [0.05, 0.1) is 5.69 Å². The van der Waals surface area contributed by atoms with Gasteiger partial charge in [-0.1, -0.05) is 31.2 Å². The minimum absolute atomic E-state index is 0.795. The van der Waals surface area contributed by atoms with E-state index in [0.717, 1.165) is 24.5 Å². The number of rotatable bonds is 4. The zero-order valence-corrected chi connectivity index (χ0v) is 10.3. The van der Waals surface area contributed by atoms with Crippen LogP contribution in [-0.2, 0) is 13.0 Å². The molecule has 2 rings (SSSR count). The zero-order chi connectivity index (χ0) is 12.1. The number of nitrogens with one attached hydrogen (secondary N) is 1. The molecule has 1 heterocycles. The number of aryl methyl sites for hydroxylation is 2. The van der Waals surface area contributed by atoms with Gasteiger partial charge in [0, 0.05) is 18.9 Å². The van der Waals surface area contributed by atoms with E-state index in [1.807, 2.05) is 6.92 Å². The van der Waals surface area contributed by atoms with Crippen molar-refractivity contribution in [3.63, 3.8) is 0 Å². The van der Waals surface area contributed by atoms with E-state index in [9.17, 15) is 0 Å². The average Bonchev–Trinajstić information content (AvgIpc) is 2.38. The molecule has 3 nitrogen and oxygen atoms in total. The third kappa shape index (κ3) is 2.81. The maximum atomic E-state index is 4.28. The molecule has 0 atom stereocenters. The Balaban J connectivity index is 2.10. The van der Waals surface area contributed by atoms with Crippen molar-refractivity contribution in [3.8, 4) is 0 Å². The van der Waals surface area contributed by atoms with Crippen molar-refractivity contribution in [1.82, 2.24) is 9.97 Å². The van der Waals surface area contributed by atoms with Crippen LogP contribution in [0.15, 0.2) is 36.7 Å². The molecule has 0 spiro atoms. The second kappa shape index (κ2) is 5.43. The van der Waals surface area contributed by atoms with E-state index in [4.69, 9.17) is 0 Å². The van der Waals surface area contributed by atoms with Gasteiger partial charge in [-0.15, -0.1) is 0 Å². The molecule has 0 unspecified atom stereocenters. The fraction of sp³-hybridized carbons (Fsp3) is 0.286. The topological polar surface area (TPSA) is 37.8 Å². The lowest BCUT2D eigenvalue weighted by Crippen LogP contribution is -2.05. The van der Waals surface area contributed by atoms with Gasteiger partial charge in [0.25, 0.3) is 0 Å². The van der Waals surface area contributed by atoms with Gasteiger partial charge in [-0.2, -0.15) is 0 Å². The lowest BCUT2D eigenvalue weighted by atomic mass is 10.1. The van der Waals surface area contributed by atoms with Gasteiger partial charge in [-0.05, 0) is 24.5 Å². The van der Waals surface area contributed by atoms with Gasteiger partial charge in [0.1, 0.15) is 5.82 Å². The van der Waals surface area contributed by atoms with E-state index in [-0.39, 0.29) is 0 Å². The molecule has 0 aliphatic carbocycles. The summed E-state index contributed by atoms with van der Waals surface area (Å²) in [6, 6.07) is 8.47. The number of benzene rings is 1. The van der Waals surface area contributed by atoms with Crippen molar-refractivity contribution in [3.05, 3.63) is 53.5 Å². The summed E-state index contributed by atoms with van der Waals surface area (Å²) >= 11 is 0. The molecule has 88 valence electrons. The van der Waals surface area contributed by atoms with Crippen molar-refractivity contribution in [2.45, 2.75) is 26.8 Å². The summed E-state index contributed by atoms with van der Waals surface area (Å²) in [7, 11) is 0. The maximum absolute atomic E-state index is 4.28. The van der Waals surface area contributed by atoms with Crippen LogP contribution in [0, 0.1) is 6.92 Å². The Morgan fingerprint density at radius 2 is 1.76 bits per heavy atom. The van der Waals surface area contributed by atoms with Crippen LogP contribution in [0.5, 0.6) is 0 Å². The summed E-state index contributed by atoms with van der Waals surface area (Å²) in [6.07, 6.45) is 4.47. The molecule has 0 saturated carbocycles. The van der Waals surface area contributed by atoms with Gasteiger partial charge in [0.2, 0.25) is 0 Å². The average molecular weight is 227 g/mol. The summed E-state index contributed by atoms with van der Waals surface area (Å²) in [5.41, 5.74) is 3.63. The molecular formula is C14H17N3. The molecule has 0 radical (unpaired) electrons. The van der Waals surface area contributed by atoms with Gasteiger partial charge in [0.15, 0.2) is 0 Å². The van der Waals surface area contributed by atoms with Crippen molar-refractivity contribution in [1.29, 1.82) is 0 Å². The van der Waals surface area contributed by atoms with Crippen LogP contribution in [0.4, 0.5) is 5.82 Å². The molecule has 0 amide bonds. The second-order valence-corrected chi connectivity index (χ2v) is 3.97. The molecule has 0 bridgehead atoms. The Labute approximate surface area is 102 Å². The fourth-order valence-electron chi connectivity index (χ4n) is 1.83. The largest absolute Gasteiger partial charge is 0.364 e. The molecule has 2 aromatic rings. The molecule has 3 heteroatoms. The molecule has 0 saturated heterocycles. The van der Waals surface area contributed by atoms with E-state index in [0.29, 0.717) is 0 Å². The first-order valence-corrected chi connectivity index (χ1v) is 5.89. The lowest BCUT2D eigenvalue weighted by molar-refractivity contribution is 1.01. The second-order valence-electron chi connectivity index (χ2n) is 3.97. The summed E-state index contributed by atoms with van der Waals surface area (Å²) in [6.45, 7) is 4.93.